The monoisotopic (exact) mass is 293 g/mol. The summed E-state index contributed by atoms with van der Waals surface area (Å²) in [6.07, 6.45) is 0. The molecule has 1 aromatic rings. The first-order valence-electron chi connectivity index (χ1n) is 4.70. The van der Waals surface area contributed by atoms with Crippen LogP contribution in [0, 0.1) is 0 Å². The number of esters is 1. The standard InChI is InChI=1S/C9H11NO6S2/c1-5(9(13)16-2)10-18(14,15)7-3-6(4-17-7)8(11)12/h3-5,10H,1-2H3,(H,11,12)/t5-/m0/s1. The molecule has 1 rings (SSSR count). The number of aromatic carboxylic acids is 1. The Morgan fingerprint density at radius 2 is 2.11 bits per heavy atom. The van der Waals surface area contributed by atoms with Crippen molar-refractivity contribution in [2.75, 3.05) is 7.11 Å². The van der Waals surface area contributed by atoms with Crippen molar-refractivity contribution >= 4 is 33.3 Å². The Labute approximate surface area is 107 Å². The molecule has 0 saturated heterocycles. The number of carbonyl (C=O) groups excluding carboxylic acids is 1. The first-order valence-corrected chi connectivity index (χ1v) is 7.06. The summed E-state index contributed by atoms with van der Waals surface area (Å²) in [6.45, 7) is 1.33. The van der Waals surface area contributed by atoms with Crippen LogP contribution < -0.4 is 4.72 Å². The minimum Gasteiger partial charge on any atom is -0.478 e. The first kappa shape index (κ1) is 14.6. The predicted octanol–water partition coefficient (Wildman–Crippen LogP) is 0.286. The lowest BCUT2D eigenvalue weighted by molar-refractivity contribution is -0.142. The van der Waals surface area contributed by atoms with E-state index in [-0.39, 0.29) is 9.77 Å². The number of carbonyl (C=O) groups is 2. The second kappa shape index (κ2) is 5.46. The van der Waals surface area contributed by atoms with Gasteiger partial charge in [-0.25, -0.2) is 13.2 Å². The highest BCUT2D eigenvalue weighted by atomic mass is 32.2. The van der Waals surface area contributed by atoms with Crippen LogP contribution in [0.2, 0.25) is 0 Å². The van der Waals surface area contributed by atoms with Gasteiger partial charge in [-0.05, 0) is 13.0 Å². The molecule has 0 spiro atoms. The van der Waals surface area contributed by atoms with Crippen LogP contribution >= 0.6 is 11.3 Å². The van der Waals surface area contributed by atoms with Crippen molar-refractivity contribution in [1.82, 2.24) is 4.72 Å². The van der Waals surface area contributed by atoms with Gasteiger partial charge in [0.1, 0.15) is 10.3 Å². The summed E-state index contributed by atoms with van der Waals surface area (Å²) in [7, 11) is -2.78. The molecule has 1 aromatic heterocycles. The average Bonchev–Trinajstić information content (AvgIpc) is 2.77. The third kappa shape index (κ3) is 3.28. The van der Waals surface area contributed by atoms with Crippen LogP contribution in [-0.4, -0.2) is 38.6 Å². The fourth-order valence-corrected chi connectivity index (χ4v) is 3.45. The molecule has 1 heterocycles. The van der Waals surface area contributed by atoms with Gasteiger partial charge in [-0.15, -0.1) is 11.3 Å². The maximum atomic E-state index is 11.8. The van der Waals surface area contributed by atoms with Gasteiger partial charge < -0.3 is 9.84 Å². The number of carboxylic acid groups (broad SMARTS) is 1. The van der Waals surface area contributed by atoms with E-state index in [1.165, 1.54) is 12.3 Å². The lowest BCUT2D eigenvalue weighted by atomic mass is 10.4. The Bertz CT molecular complexity index is 561. The number of hydrogen-bond acceptors (Lipinski definition) is 6. The van der Waals surface area contributed by atoms with Gasteiger partial charge in [0.25, 0.3) is 10.0 Å². The molecule has 0 aliphatic heterocycles. The largest absolute Gasteiger partial charge is 0.478 e. The van der Waals surface area contributed by atoms with E-state index in [4.69, 9.17) is 5.11 Å². The van der Waals surface area contributed by atoms with E-state index in [2.05, 4.69) is 9.46 Å². The highest BCUT2D eigenvalue weighted by molar-refractivity contribution is 7.91. The topological polar surface area (TPSA) is 110 Å². The number of ether oxygens (including phenoxy) is 1. The van der Waals surface area contributed by atoms with Crippen molar-refractivity contribution in [2.45, 2.75) is 17.2 Å². The molecule has 0 unspecified atom stereocenters. The summed E-state index contributed by atoms with van der Waals surface area (Å²) in [5, 5.41) is 9.90. The van der Waals surface area contributed by atoms with Gasteiger partial charge in [0.05, 0.1) is 12.7 Å². The first-order chi connectivity index (χ1) is 8.27. The molecule has 0 saturated carbocycles. The predicted molar refractivity (Wildman–Crippen MR) is 63.1 cm³/mol. The maximum absolute atomic E-state index is 11.8. The van der Waals surface area contributed by atoms with Crippen molar-refractivity contribution in [3.63, 3.8) is 0 Å². The van der Waals surface area contributed by atoms with Gasteiger partial charge in [0, 0.05) is 5.38 Å². The molecule has 2 N–H and O–H groups in total. The molecule has 0 amide bonds. The van der Waals surface area contributed by atoms with Gasteiger partial charge in [0.15, 0.2) is 0 Å². The van der Waals surface area contributed by atoms with E-state index in [0.717, 1.165) is 24.5 Å². The zero-order valence-electron chi connectivity index (χ0n) is 9.54. The van der Waals surface area contributed by atoms with Crippen LogP contribution in [0.4, 0.5) is 0 Å². The molecule has 0 fully saturated rings. The van der Waals surface area contributed by atoms with Crippen LogP contribution in [0.5, 0.6) is 0 Å². The molecule has 7 nitrogen and oxygen atoms in total. The smallest absolute Gasteiger partial charge is 0.336 e. The van der Waals surface area contributed by atoms with Gasteiger partial charge in [0.2, 0.25) is 0 Å². The summed E-state index contributed by atoms with van der Waals surface area (Å²) in [6, 6.07) is -0.0188. The summed E-state index contributed by atoms with van der Waals surface area (Å²) in [5.41, 5.74) is -0.119. The fourth-order valence-electron chi connectivity index (χ4n) is 1.09. The van der Waals surface area contributed by atoms with Gasteiger partial charge in [-0.2, -0.15) is 4.72 Å². The van der Waals surface area contributed by atoms with Gasteiger partial charge in [-0.3, -0.25) is 4.79 Å². The van der Waals surface area contributed by atoms with Crippen molar-refractivity contribution in [1.29, 1.82) is 0 Å². The summed E-state index contributed by atoms with van der Waals surface area (Å²) in [5.74, 6) is -1.94. The second-order valence-corrected chi connectivity index (χ2v) is 6.18. The quantitative estimate of drug-likeness (QED) is 0.755. The molecule has 0 aromatic carbocycles. The third-order valence-electron chi connectivity index (χ3n) is 1.97. The van der Waals surface area contributed by atoms with Gasteiger partial charge >= 0.3 is 11.9 Å². The van der Waals surface area contributed by atoms with Crippen molar-refractivity contribution in [3.8, 4) is 0 Å². The normalized spacial score (nSPS) is 13.0. The maximum Gasteiger partial charge on any atom is 0.336 e. The molecular formula is C9H11NO6S2. The van der Waals surface area contributed by atoms with Gasteiger partial charge in [-0.1, -0.05) is 0 Å². The summed E-state index contributed by atoms with van der Waals surface area (Å²) < 4.78 is 29.9. The van der Waals surface area contributed by atoms with E-state index in [0.29, 0.717) is 0 Å². The number of hydrogen-bond donors (Lipinski definition) is 2. The van der Waals surface area contributed by atoms with Crippen molar-refractivity contribution in [2.24, 2.45) is 0 Å². The van der Waals surface area contributed by atoms with E-state index in [1.807, 2.05) is 0 Å². The summed E-state index contributed by atoms with van der Waals surface area (Å²) in [4.78, 5) is 21.7. The van der Waals surface area contributed by atoms with E-state index < -0.39 is 28.0 Å². The van der Waals surface area contributed by atoms with E-state index >= 15 is 0 Å². The lowest BCUT2D eigenvalue weighted by Crippen LogP contribution is -2.38. The fraction of sp³-hybridized carbons (Fsp3) is 0.333. The molecule has 18 heavy (non-hydrogen) atoms. The molecule has 0 bridgehead atoms. The molecule has 9 heteroatoms. The van der Waals surface area contributed by atoms with Crippen LogP contribution in [0.25, 0.3) is 0 Å². The molecule has 1 atom stereocenters. The number of nitrogens with one attached hydrogen (secondary N) is 1. The minimum absolute atomic E-state index is 0.119. The third-order valence-corrected chi connectivity index (χ3v) is 4.95. The Balaban J connectivity index is 2.92. The number of carboxylic acids is 1. The number of thiophene rings is 1. The Morgan fingerprint density at radius 1 is 1.50 bits per heavy atom. The Hall–Kier alpha value is -1.45. The van der Waals surface area contributed by atoms with E-state index in [1.54, 1.807) is 0 Å². The average molecular weight is 293 g/mol. The zero-order chi connectivity index (χ0) is 13.9. The van der Waals surface area contributed by atoms with Crippen molar-refractivity contribution in [3.05, 3.63) is 17.0 Å². The lowest BCUT2D eigenvalue weighted by Gasteiger charge is -2.10. The highest BCUT2D eigenvalue weighted by Crippen LogP contribution is 2.20. The summed E-state index contributed by atoms with van der Waals surface area (Å²) >= 11 is 0.763. The number of methoxy groups -OCH3 is 1. The molecule has 0 aliphatic rings. The van der Waals surface area contributed by atoms with E-state index in [9.17, 15) is 18.0 Å². The molecule has 0 aliphatic carbocycles. The number of rotatable bonds is 5. The van der Waals surface area contributed by atoms with Crippen LogP contribution in [0.15, 0.2) is 15.7 Å². The highest BCUT2D eigenvalue weighted by Gasteiger charge is 2.24. The minimum atomic E-state index is -3.92. The van der Waals surface area contributed by atoms with Crippen molar-refractivity contribution < 1.29 is 27.9 Å². The number of sulfonamides is 1. The van der Waals surface area contributed by atoms with Crippen LogP contribution in [0.3, 0.4) is 0 Å². The Morgan fingerprint density at radius 3 is 2.56 bits per heavy atom. The molecule has 0 radical (unpaired) electrons. The zero-order valence-corrected chi connectivity index (χ0v) is 11.2. The SMILES string of the molecule is COC(=O)[C@H](C)NS(=O)(=O)c1cc(C(=O)O)cs1. The Kier molecular flexibility index (Phi) is 4.43. The van der Waals surface area contributed by atoms with Crippen LogP contribution in [0.1, 0.15) is 17.3 Å². The second-order valence-electron chi connectivity index (χ2n) is 3.33. The molecule has 100 valence electrons. The molecular weight excluding hydrogens is 282 g/mol. The van der Waals surface area contributed by atoms with Crippen LogP contribution in [-0.2, 0) is 19.6 Å².